The van der Waals surface area contributed by atoms with Gasteiger partial charge in [0.1, 0.15) is 6.29 Å². The zero-order valence-electron chi connectivity index (χ0n) is 22.2. The van der Waals surface area contributed by atoms with E-state index in [-0.39, 0.29) is 24.5 Å². The second-order valence-corrected chi connectivity index (χ2v) is 10.8. The molecule has 2 aliphatic rings. The highest BCUT2D eigenvalue weighted by atomic mass is 35.5. The first kappa shape index (κ1) is 27.2. The highest BCUT2D eigenvalue weighted by Crippen LogP contribution is 2.29. The minimum atomic E-state index is -0.0107. The number of carbonyl (C=O) groups is 2. The van der Waals surface area contributed by atoms with Crippen LogP contribution in [0.15, 0.2) is 48.7 Å². The maximum atomic E-state index is 12.8. The van der Waals surface area contributed by atoms with Gasteiger partial charge in [-0.3, -0.25) is 14.5 Å². The summed E-state index contributed by atoms with van der Waals surface area (Å²) in [6.07, 6.45) is 6.99. The van der Waals surface area contributed by atoms with Gasteiger partial charge in [0.25, 0.3) is 0 Å². The van der Waals surface area contributed by atoms with Crippen molar-refractivity contribution in [1.82, 2.24) is 20.2 Å². The molecule has 0 spiro atoms. The topological polar surface area (TPSA) is 96.5 Å². The molecule has 8 nitrogen and oxygen atoms in total. The zero-order chi connectivity index (χ0) is 27.2. The Balaban J connectivity index is 1.21. The van der Waals surface area contributed by atoms with Gasteiger partial charge in [0.2, 0.25) is 11.9 Å². The maximum Gasteiger partial charge on any atom is 0.234 e. The number of nitrogens with zero attached hydrogens (tertiary/aromatic N) is 3. The van der Waals surface area contributed by atoms with Crippen molar-refractivity contribution in [2.24, 2.45) is 0 Å². The van der Waals surface area contributed by atoms with Gasteiger partial charge in [0, 0.05) is 43.0 Å². The summed E-state index contributed by atoms with van der Waals surface area (Å²) in [5, 5.41) is 6.96. The number of nitrogens with one attached hydrogen (secondary N) is 2. The highest BCUT2D eigenvalue weighted by Gasteiger charge is 2.21. The van der Waals surface area contributed by atoms with E-state index in [4.69, 9.17) is 16.3 Å². The summed E-state index contributed by atoms with van der Waals surface area (Å²) in [5.74, 6) is 0.494. The van der Waals surface area contributed by atoms with E-state index in [1.165, 1.54) is 11.1 Å². The Labute approximate surface area is 234 Å². The second-order valence-electron chi connectivity index (χ2n) is 10.4. The minimum absolute atomic E-state index is 0.0107. The third-order valence-corrected chi connectivity index (χ3v) is 7.69. The molecule has 0 bridgehead atoms. The standard InChI is InChI=1S/C30H34ClN5O3/c1-36(18-28(38)33-26-9-8-20-4-2-3-5-21(20)15-26)17-23-7-6-22(14-24(23)19-37)29-27(31)16-32-30(35-29)34-25-10-12-39-13-11-25/h2-7,14,16,19,25-26H,8-13,15,17-18H2,1H3,(H,33,38)(H,32,34,35). The molecule has 9 heteroatoms. The lowest BCUT2D eigenvalue weighted by Crippen LogP contribution is -2.43. The first-order valence-electron chi connectivity index (χ1n) is 13.5. The Hall–Kier alpha value is -3.33. The van der Waals surface area contributed by atoms with Gasteiger partial charge in [-0.15, -0.1) is 0 Å². The number of aryl methyl sites for hydroxylation is 1. The Bertz CT molecular complexity index is 1330. The van der Waals surface area contributed by atoms with E-state index in [0.717, 1.165) is 49.5 Å². The molecular weight excluding hydrogens is 514 g/mol. The van der Waals surface area contributed by atoms with Crippen LogP contribution in [0.3, 0.4) is 0 Å². The summed E-state index contributed by atoms with van der Waals surface area (Å²) in [6.45, 7) is 2.14. The van der Waals surface area contributed by atoms with E-state index in [1.54, 1.807) is 12.3 Å². The molecule has 1 fully saturated rings. The lowest BCUT2D eigenvalue weighted by Gasteiger charge is -2.26. The number of hydrogen-bond acceptors (Lipinski definition) is 7. The largest absolute Gasteiger partial charge is 0.381 e. The van der Waals surface area contributed by atoms with E-state index in [2.05, 4.69) is 44.9 Å². The number of anilines is 1. The molecule has 39 heavy (non-hydrogen) atoms. The van der Waals surface area contributed by atoms with Crippen molar-refractivity contribution in [2.75, 3.05) is 32.1 Å². The van der Waals surface area contributed by atoms with Crippen LogP contribution >= 0.6 is 11.6 Å². The molecule has 1 aliphatic carbocycles. The van der Waals surface area contributed by atoms with Gasteiger partial charge >= 0.3 is 0 Å². The number of benzene rings is 2. The van der Waals surface area contributed by atoms with E-state index in [1.807, 2.05) is 24.1 Å². The van der Waals surface area contributed by atoms with E-state index in [0.29, 0.717) is 42.0 Å². The van der Waals surface area contributed by atoms with Crippen LogP contribution in [-0.4, -0.2) is 66.0 Å². The number of hydrogen-bond donors (Lipinski definition) is 2. The number of amides is 1. The molecule has 1 atom stereocenters. The number of carbonyl (C=O) groups excluding carboxylic acids is 2. The molecule has 3 aromatic rings. The van der Waals surface area contributed by atoms with Crippen molar-refractivity contribution >= 4 is 29.7 Å². The van der Waals surface area contributed by atoms with Crippen LogP contribution in [0.1, 0.15) is 46.3 Å². The molecular formula is C30H34ClN5O3. The van der Waals surface area contributed by atoms with Crippen molar-refractivity contribution in [3.05, 3.63) is 75.9 Å². The fourth-order valence-corrected chi connectivity index (χ4v) is 5.55. The number of rotatable bonds is 9. The van der Waals surface area contributed by atoms with Crippen LogP contribution in [0.5, 0.6) is 0 Å². The summed E-state index contributed by atoms with van der Waals surface area (Å²) in [4.78, 5) is 35.7. The lowest BCUT2D eigenvalue weighted by molar-refractivity contribution is -0.122. The SMILES string of the molecule is CN(CC(=O)NC1CCc2ccccc2C1)Cc1ccc(-c2nc(NC3CCOCC3)ncc2Cl)cc1C=O. The molecule has 1 saturated heterocycles. The lowest BCUT2D eigenvalue weighted by atomic mass is 9.88. The number of aldehydes is 1. The van der Waals surface area contributed by atoms with Gasteiger partial charge in [-0.1, -0.05) is 48.0 Å². The van der Waals surface area contributed by atoms with Gasteiger partial charge in [0.15, 0.2) is 0 Å². The molecule has 2 aromatic carbocycles. The number of ether oxygens (including phenoxy) is 1. The minimum Gasteiger partial charge on any atom is -0.381 e. The quantitative estimate of drug-likeness (QED) is 0.385. The second kappa shape index (κ2) is 12.7. The van der Waals surface area contributed by atoms with Crippen LogP contribution in [0, 0.1) is 0 Å². The fourth-order valence-electron chi connectivity index (χ4n) is 5.35. The van der Waals surface area contributed by atoms with Crippen molar-refractivity contribution in [1.29, 1.82) is 0 Å². The predicted molar refractivity (Wildman–Crippen MR) is 152 cm³/mol. The number of fused-ring (bicyclic) bond motifs is 1. The molecule has 0 radical (unpaired) electrons. The fraction of sp³-hybridized carbons (Fsp3) is 0.400. The van der Waals surface area contributed by atoms with E-state index < -0.39 is 0 Å². The van der Waals surface area contributed by atoms with Gasteiger partial charge in [-0.2, -0.15) is 0 Å². The van der Waals surface area contributed by atoms with E-state index >= 15 is 0 Å². The molecule has 0 saturated carbocycles. The molecule has 1 unspecified atom stereocenters. The third-order valence-electron chi connectivity index (χ3n) is 7.41. The summed E-state index contributed by atoms with van der Waals surface area (Å²) < 4.78 is 5.42. The van der Waals surface area contributed by atoms with Gasteiger partial charge in [-0.05, 0) is 61.9 Å². The van der Waals surface area contributed by atoms with Crippen molar-refractivity contribution in [3.8, 4) is 11.3 Å². The Morgan fingerprint density at radius 2 is 1.92 bits per heavy atom. The summed E-state index contributed by atoms with van der Waals surface area (Å²) in [6, 6.07) is 14.4. The molecule has 2 N–H and O–H groups in total. The normalized spacial score (nSPS) is 17.5. The predicted octanol–water partition coefficient (Wildman–Crippen LogP) is 4.31. The number of aromatic nitrogens is 2. The van der Waals surface area contributed by atoms with Crippen LogP contribution < -0.4 is 10.6 Å². The monoisotopic (exact) mass is 547 g/mol. The van der Waals surface area contributed by atoms with Crippen molar-refractivity contribution in [2.45, 2.75) is 50.7 Å². The average Bonchev–Trinajstić information content (AvgIpc) is 2.94. The van der Waals surface area contributed by atoms with Gasteiger partial charge in [-0.25, -0.2) is 9.97 Å². The van der Waals surface area contributed by atoms with Crippen LogP contribution in [-0.2, 0) is 28.9 Å². The van der Waals surface area contributed by atoms with Crippen LogP contribution in [0.2, 0.25) is 5.02 Å². The highest BCUT2D eigenvalue weighted by molar-refractivity contribution is 6.32. The molecule has 204 valence electrons. The first-order chi connectivity index (χ1) is 19.0. The number of halogens is 1. The smallest absolute Gasteiger partial charge is 0.234 e. The van der Waals surface area contributed by atoms with Crippen molar-refractivity contribution in [3.63, 3.8) is 0 Å². The van der Waals surface area contributed by atoms with Crippen molar-refractivity contribution < 1.29 is 14.3 Å². The maximum absolute atomic E-state index is 12.8. The van der Waals surface area contributed by atoms with Gasteiger partial charge in [0.05, 0.1) is 23.5 Å². The Morgan fingerprint density at radius 1 is 1.13 bits per heavy atom. The zero-order valence-corrected chi connectivity index (χ0v) is 22.9. The van der Waals surface area contributed by atoms with Crippen LogP contribution in [0.4, 0.5) is 5.95 Å². The summed E-state index contributed by atoms with van der Waals surface area (Å²) in [7, 11) is 1.88. The summed E-state index contributed by atoms with van der Waals surface area (Å²) >= 11 is 6.44. The molecule has 2 heterocycles. The third kappa shape index (κ3) is 7.01. The Kier molecular flexibility index (Phi) is 8.86. The van der Waals surface area contributed by atoms with Gasteiger partial charge < -0.3 is 15.4 Å². The van der Waals surface area contributed by atoms with E-state index in [9.17, 15) is 9.59 Å². The molecule has 5 rings (SSSR count). The average molecular weight is 548 g/mol. The molecule has 1 amide bonds. The number of likely N-dealkylation sites (N-methyl/N-ethyl adjacent to an activating group) is 1. The Morgan fingerprint density at radius 3 is 2.72 bits per heavy atom. The molecule has 1 aromatic heterocycles. The molecule has 1 aliphatic heterocycles. The summed E-state index contributed by atoms with van der Waals surface area (Å²) in [5.41, 5.74) is 5.37. The first-order valence-corrected chi connectivity index (χ1v) is 13.9. The van der Waals surface area contributed by atoms with Crippen LogP contribution in [0.25, 0.3) is 11.3 Å².